The molecule has 0 spiro atoms. The molecule has 25 heavy (non-hydrogen) atoms. The van der Waals surface area contributed by atoms with Crippen LogP contribution in [0.1, 0.15) is 21.8 Å². The molecule has 3 aromatic heterocycles. The van der Waals surface area contributed by atoms with Gasteiger partial charge in [0, 0.05) is 17.2 Å². The SMILES string of the molecule is CC(=O)NCc1ccc(-c2csc(Cc3nc4ccccc4s3)n2)s1. The van der Waals surface area contributed by atoms with Crippen molar-refractivity contribution in [2.75, 3.05) is 0 Å². The first-order valence-corrected chi connectivity index (χ1v) is 10.3. The molecule has 1 amide bonds. The van der Waals surface area contributed by atoms with Crippen LogP contribution in [0.3, 0.4) is 0 Å². The fraction of sp³-hybridized carbons (Fsp3) is 0.167. The summed E-state index contributed by atoms with van der Waals surface area (Å²) in [5.74, 6) is -0.0123. The van der Waals surface area contributed by atoms with Crippen LogP contribution in [0, 0.1) is 0 Å². The van der Waals surface area contributed by atoms with Crippen LogP contribution in [0.4, 0.5) is 0 Å². The summed E-state index contributed by atoms with van der Waals surface area (Å²) in [6.45, 7) is 2.10. The number of aromatic nitrogens is 2. The molecular formula is C18H15N3OS3. The lowest BCUT2D eigenvalue weighted by atomic mass is 10.3. The number of hydrogen-bond acceptors (Lipinski definition) is 6. The lowest BCUT2D eigenvalue weighted by molar-refractivity contribution is -0.119. The number of rotatable bonds is 5. The number of thiophene rings is 1. The van der Waals surface area contributed by atoms with Gasteiger partial charge in [-0.05, 0) is 24.3 Å². The van der Waals surface area contributed by atoms with E-state index in [-0.39, 0.29) is 5.91 Å². The Labute approximate surface area is 157 Å². The molecule has 4 rings (SSSR count). The van der Waals surface area contributed by atoms with E-state index in [1.807, 2.05) is 24.3 Å². The van der Waals surface area contributed by atoms with E-state index in [0.29, 0.717) is 6.54 Å². The van der Waals surface area contributed by atoms with Crippen molar-refractivity contribution in [3.8, 4) is 10.6 Å². The van der Waals surface area contributed by atoms with E-state index in [4.69, 9.17) is 4.98 Å². The standard InChI is InChI=1S/C18H15N3OS3/c1-11(22)19-9-12-6-7-16(24-12)14-10-23-17(21-14)8-18-20-13-4-2-3-5-15(13)25-18/h2-7,10H,8-9H2,1H3,(H,19,22). The molecule has 4 aromatic rings. The van der Waals surface area contributed by atoms with E-state index in [1.54, 1.807) is 34.0 Å². The Balaban J connectivity index is 1.49. The minimum Gasteiger partial charge on any atom is -0.351 e. The zero-order valence-corrected chi connectivity index (χ0v) is 15.9. The number of carbonyl (C=O) groups is 1. The number of nitrogens with one attached hydrogen (secondary N) is 1. The summed E-state index contributed by atoms with van der Waals surface area (Å²) in [6, 6.07) is 12.3. The Hall–Kier alpha value is -2.09. The highest BCUT2D eigenvalue weighted by atomic mass is 32.1. The molecule has 0 aliphatic carbocycles. The first-order valence-electron chi connectivity index (χ1n) is 7.80. The van der Waals surface area contributed by atoms with Crippen LogP contribution in [-0.4, -0.2) is 15.9 Å². The molecule has 4 nitrogen and oxygen atoms in total. The number of thiazole rings is 2. The van der Waals surface area contributed by atoms with Gasteiger partial charge in [-0.1, -0.05) is 12.1 Å². The number of amides is 1. The molecule has 0 aliphatic heterocycles. The summed E-state index contributed by atoms with van der Waals surface area (Å²) in [6.07, 6.45) is 0.772. The fourth-order valence-electron chi connectivity index (χ4n) is 2.45. The zero-order chi connectivity index (χ0) is 17.2. The number of fused-ring (bicyclic) bond motifs is 1. The first kappa shape index (κ1) is 16.4. The van der Waals surface area contributed by atoms with Gasteiger partial charge in [-0.3, -0.25) is 4.79 Å². The smallest absolute Gasteiger partial charge is 0.217 e. The maximum atomic E-state index is 11.0. The topological polar surface area (TPSA) is 54.9 Å². The van der Waals surface area contributed by atoms with E-state index in [9.17, 15) is 4.79 Å². The first-order chi connectivity index (χ1) is 12.2. The summed E-state index contributed by atoms with van der Waals surface area (Å²) in [5, 5.41) is 7.09. The van der Waals surface area contributed by atoms with Crippen LogP contribution in [0.15, 0.2) is 41.8 Å². The molecule has 0 fully saturated rings. The minimum absolute atomic E-state index is 0.0123. The Morgan fingerprint density at radius 1 is 1.08 bits per heavy atom. The van der Waals surface area contributed by atoms with E-state index in [0.717, 1.165) is 37.4 Å². The van der Waals surface area contributed by atoms with Crippen LogP contribution < -0.4 is 5.32 Å². The Kier molecular flexibility index (Phi) is 4.61. The van der Waals surface area contributed by atoms with Crippen LogP contribution in [-0.2, 0) is 17.8 Å². The van der Waals surface area contributed by atoms with Crippen molar-refractivity contribution in [2.24, 2.45) is 0 Å². The third-order valence-corrected chi connectivity index (χ3v) is 6.61. The summed E-state index contributed by atoms with van der Waals surface area (Å²) in [5.41, 5.74) is 2.06. The van der Waals surface area contributed by atoms with Crippen LogP contribution in [0.25, 0.3) is 20.8 Å². The average Bonchev–Trinajstić information content (AvgIpc) is 3.31. The zero-order valence-electron chi connectivity index (χ0n) is 13.5. The van der Waals surface area contributed by atoms with Crippen molar-refractivity contribution >= 4 is 50.1 Å². The summed E-state index contributed by atoms with van der Waals surface area (Å²) in [4.78, 5) is 22.7. The number of hydrogen-bond donors (Lipinski definition) is 1. The largest absolute Gasteiger partial charge is 0.351 e. The summed E-state index contributed by atoms with van der Waals surface area (Å²) in [7, 11) is 0. The monoisotopic (exact) mass is 385 g/mol. The van der Waals surface area contributed by atoms with Gasteiger partial charge in [0.05, 0.1) is 33.8 Å². The lowest BCUT2D eigenvalue weighted by Crippen LogP contribution is -2.17. The van der Waals surface area contributed by atoms with E-state index >= 15 is 0 Å². The molecular weight excluding hydrogens is 370 g/mol. The van der Waals surface area contributed by atoms with Crippen LogP contribution in [0.2, 0.25) is 0 Å². The molecule has 0 saturated heterocycles. The van der Waals surface area contributed by atoms with Gasteiger partial charge in [-0.15, -0.1) is 34.0 Å². The highest BCUT2D eigenvalue weighted by molar-refractivity contribution is 7.18. The second kappa shape index (κ2) is 7.03. The molecule has 1 aromatic carbocycles. The van der Waals surface area contributed by atoms with E-state index in [1.165, 1.54) is 11.6 Å². The molecule has 3 heterocycles. The van der Waals surface area contributed by atoms with Gasteiger partial charge in [0.2, 0.25) is 5.91 Å². The summed E-state index contributed by atoms with van der Waals surface area (Å²) >= 11 is 5.07. The normalized spacial score (nSPS) is 11.1. The average molecular weight is 386 g/mol. The van der Waals surface area contributed by atoms with Crippen molar-refractivity contribution in [1.29, 1.82) is 0 Å². The Bertz CT molecular complexity index is 998. The van der Waals surface area contributed by atoms with Crippen LogP contribution in [0.5, 0.6) is 0 Å². The van der Waals surface area contributed by atoms with E-state index < -0.39 is 0 Å². The van der Waals surface area contributed by atoms with Crippen molar-refractivity contribution in [3.63, 3.8) is 0 Å². The highest BCUT2D eigenvalue weighted by Gasteiger charge is 2.11. The molecule has 1 N–H and O–H groups in total. The molecule has 0 saturated carbocycles. The lowest BCUT2D eigenvalue weighted by Gasteiger charge is -1.97. The van der Waals surface area contributed by atoms with Crippen molar-refractivity contribution in [3.05, 3.63) is 56.7 Å². The molecule has 0 aliphatic rings. The number of para-hydroxylation sites is 1. The molecule has 126 valence electrons. The maximum absolute atomic E-state index is 11.0. The van der Waals surface area contributed by atoms with Gasteiger partial charge in [-0.25, -0.2) is 9.97 Å². The minimum atomic E-state index is -0.0123. The van der Waals surface area contributed by atoms with Gasteiger partial charge in [-0.2, -0.15) is 0 Å². The predicted molar refractivity (Wildman–Crippen MR) is 105 cm³/mol. The second-order valence-electron chi connectivity index (χ2n) is 5.55. The van der Waals surface area contributed by atoms with Crippen LogP contribution >= 0.6 is 34.0 Å². The van der Waals surface area contributed by atoms with Crippen molar-refractivity contribution < 1.29 is 4.79 Å². The van der Waals surface area contributed by atoms with Crippen molar-refractivity contribution in [2.45, 2.75) is 19.9 Å². The molecule has 0 bridgehead atoms. The Morgan fingerprint density at radius 3 is 2.80 bits per heavy atom. The Morgan fingerprint density at radius 2 is 1.96 bits per heavy atom. The maximum Gasteiger partial charge on any atom is 0.217 e. The molecule has 0 atom stereocenters. The third kappa shape index (κ3) is 3.78. The van der Waals surface area contributed by atoms with Gasteiger partial charge in [0.1, 0.15) is 10.0 Å². The number of nitrogens with zero attached hydrogens (tertiary/aromatic N) is 2. The van der Waals surface area contributed by atoms with Gasteiger partial charge in [0.25, 0.3) is 0 Å². The quantitative estimate of drug-likeness (QED) is 0.541. The molecule has 0 radical (unpaired) electrons. The van der Waals surface area contributed by atoms with E-state index in [2.05, 4.69) is 27.8 Å². The number of benzene rings is 1. The third-order valence-electron chi connectivity index (χ3n) is 3.62. The molecule has 7 heteroatoms. The van der Waals surface area contributed by atoms with Gasteiger partial charge in [0.15, 0.2) is 0 Å². The fourth-order valence-corrected chi connectivity index (χ4v) is 5.30. The predicted octanol–water partition coefficient (Wildman–Crippen LogP) is 4.71. The van der Waals surface area contributed by atoms with Gasteiger partial charge >= 0.3 is 0 Å². The second-order valence-corrected chi connectivity index (χ2v) is 8.78. The number of carbonyl (C=O) groups excluding carboxylic acids is 1. The molecule has 0 unspecified atom stereocenters. The highest BCUT2D eigenvalue weighted by Crippen LogP contribution is 2.31. The summed E-state index contributed by atoms with van der Waals surface area (Å²) < 4.78 is 1.22. The van der Waals surface area contributed by atoms with Gasteiger partial charge < -0.3 is 5.32 Å². The van der Waals surface area contributed by atoms with Crippen molar-refractivity contribution in [1.82, 2.24) is 15.3 Å².